The topological polar surface area (TPSA) is 158 Å². The van der Waals surface area contributed by atoms with Crippen molar-refractivity contribution in [2.24, 2.45) is 5.92 Å². The van der Waals surface area contributed by atoms with E-state index in [1.165, 1.54) is 6.92 Å². The third-order valence-corrected chi connectivity index (χ3v) is 10.2. The smallest absolute Gasteiger partial charge is 0.408 e. The van der Waals surface area contributed by atoms with Crippen LogP contribution < -0.4 is 10.6 Å². The molecule has 2 amide bonds. The fourth-order valence-electron chi connectivity index (χ4n) is 5.18. The predicted octanol–water partition coefficient (Wildman–Crippen LogP) is 4.38. The number of H-pyrrole nitrogens is 1. The first kappa shape index (κ1) is 28.4. The Labute approximate surface area is 226 Å². The van der Waals surface area contributed by atoms with Gasteiger partial charge in [0, 0.05) is 28.7 Å². The van der Waals surface area contributed by atoms with E-state index in [2.05, 4.69) is 15.6 Å². The van der Waals surface area contributed by atoms with Crippen molar-refractivity contribution in [1.82, 2.24) is 15.6 Å². The van der Waals surface area contributed by atoms with Crippen LogP contribution in [0.2, 0.25) is 0 Å². The van der Waals surface area contributed by atoms with Gasteiger partial charge in [-0.25, -0.2) is 9.59 Å². The molecule has 39 heavy (non-hydrogen) atoms. The predicted molar refractivity (Wildman–Crippen MR) is 146 cm³/mol. The minimum atomic E-state index is -4.06. The number of ether oxygens (including phenoxy) is 1. The van der Waals surface area contributed by atoms with E-state index in [-0.39, 0.29) is 13.0 Å². The molecule has 11 heteroatoms. The first-order chi connectivity index (χ1) is 18.7. The summed E-state index contributed by atoms with van der Waals surface area (Å²) in [5, 5.41) is 15.8. The summed E-state index contributed by atoms with van der Waals surface area (Å²) in [5.74, 6) is -3.70. The summed E-state index contributed by atoms with van der Waals surface area (Å²) in [4.78, 5) is 51.5. The van der Waals surface area contributed by atoms with Gasteiger partial charge in [-0.3, -0.25) is 9.36 Å². The molecule has 0 bridgehead atoms. The number of aromatic nitrogens is 1. The van der Waals surface area contributed by atoms with Crippen LogP contribution in [0.25, 0.3) is 10.9 Å². The Morgan fingerprint density at radius 1 is 1.08 bits per heavy atom. The molecule has 3 aromatic rings. The van der Waals surface area contributed by atoms with Crippen molar-refractivity contribution >= 4 is 36.2 Å². The van der Waals surface area contributed by atoms with E-state index in [1.54, 1.807) is 12.1 Å². The van der Waals surface area contributed by atoms with E-state index in [9.17, 15) is 28.9 Å². The highest BCUT2D eigenvalue weighted by Gasteiger charge is 2.47. The summed E-state index contributed by atoms with van der Waals surface area (Å²) in [7, 11) is -4.06. The Bertz CT molecular complexity index is 1360. The molecule has 5 atom stereocenters. The van der Waals surface area contributed by atoms with Gasteiger partial charge in [-0.1, -0.05) is 55.0 Å². The van der Waals surface area contributed by atoms with Gasteiger partial charge in [0.05, 0.1) is 0 Å². The highest BCUT2D eigenvalue weighted by atomic mass is 31.2. The summed E-state index contributed by atoms with van der Waals surface area (Å²) in [6.45, 7) is 1.43. The lowest BCUT2D eigenvalue weighted by Crippen LogP contribution is -2.46. The minimum absolute atomic E-state index is 0.0126. The molecular weight excluding hydrogens is 521 g/mol. The summed E-state index contributed by atoms with van der Waals surface area (Å²) in [6, 6.07) is 15.6. The average molecular weight is 556 g/mol. The van der Waals surface area contributed by atoms with Gasteiger partial charge in [-0.15, -0.1) is 0 Å². The second-order valence-electron chi connectivity index (χ2n) is 9.96. The molecular formula is C28H34N3O7P. The molecule has 1 aliphatic rings. The van der Waals surface area contributed by atoms with Crippen LogP contribution in [-0.4, -0.2) is 50.4 Å². The number of hydrogen-bond donors (Lipinski definition) is 5. The number of para-hydroxylation sites is 1. The number of benzene rings is 2. The molecule has 1 saturated carbocycles. The van der Waals surface area contributed by atoms with E-state index in [4.69, 9.17) is 4.74 Å². The Hall–Kier alpha value is -3.62. The molecule has 4 rings (SSSR count). The number of hydrogen-bond acceptors (Lipinski definition) is 5. The van der Waals surface area contributed by atoms with Crippen molar-refractivity contribution in [1.29, 1.82) is 0 Å². The van der Waals surface area contributed by atoms with Crippen LogP contribution in [0.15, 0.2) is 60.8 Å². The monoisotopic (exact) mass is 555 g/mol. The van der Waals surface area contributed by atoms with Crippen molar-refractivity contribution in [2.45, 2.75) is 63.1 Å². The van der Waals surface area contributed by atoms with E-state index in [0.29, 0.717) is 25.7 Å². The lowest BCUT2D eigenvalue weighted by molar-refractivity contribution is -0.142. The lowest BCUT2D eigenvalue weighted by atomic mass is 10.0. The van der Waals surface area contributed by atoms with E-state index in [1.807, 2.05) is 48.7 Å². The van der Waals surface area contributed by atoms with Crippen LogP contribution in [0.5, 0.6) is 0 Å². The van der Waals surface area contributed by atoms with Gasteiger partial charge in [0.25, 0.3) is 0 Å². The maximum Gasteiger partial charge on any atom is 0.408 e. The molecule has 0 saturated heterocycles. The molecule has 0 aliphatic heterocycles. The Balaban J connectivity index is 1.35. The molecule has 2 aromatic carbocycles. The molecule has 5 N–H and O–H groups in total. The molecule has 1 fully saturated rings. The quantitative estimate of drug-likeness (QED) is 0.220. The number of aryl methyl sites for hydroxylation is 1. The number of carboxylic acid groups (broad SMARTS) is 1. The number of aromatic amines is 1. The van der Waals surface area contributed by atoms with Gasteiger partial charge < -0.3 is 30.4 Å². The van der Waals surface area contributed by atoms with Gasteiger partial charge in [0.2, 0.25) is 13.3 Å². The zero-order valence-electron chi connectivity index (χ0n) is 21.7. The number of amides is 2. The third-order valence-electron chi connectivity index (χ3n) is 7.38. The fraction of sp³-hybridized carbons (Fsp3) is 0.393. The van der Waals surface area contributed by atoms with Crippen LogP contribution in [0.3, 0.4) is 0 Å². The van der Waals surface area contributed by atoms with Gasteiger partial charge in [0.1, 0.15) is 18.4 Å². The van der Waals surface area contributed by atoms with Gasteiger partial charge in [-0.05, 0) is 49.8 Å². The highest BCUT2D eigenvalue weighted by molar-refractivity contribution is 7.59. The van der Waals surface area contributed by atoms with Crippen molar-refractivity contribution < 1.29 is 33.7 Å². The lowest BCUT2D eigenvalue weighted by Gasteiger charge is -2.29. The van der Waals surface area contributed by atoms with E-state index in [0.717, 1.165) is 22.0 Å². The molecule has 1 aromatic heterocycles. The van der Waals surface area contributed by atoms with Crippen molar-refractivity contribution in [3.05, 3.63) is 71.9 Å². The number of rotatable bonds is 11. The SMILES string of the molecule is CC(NC(=O)OCc1ccccc1)P(=O)(O)C1CCCC1C(=O)NC(CCc1c[nH]c2ccccc12)C(=O)O. The minimum Gasteiger partial charge on any atom is -0.480 e. The Morgan fingerprint density at radius 3 is 2.54 bits per heavy atom. The highest BCUT2D eigenvalue weighted by Crippen LogP contribution is 2.57. The number of carbonyl (C=O) groups is 3. The van der Waals surface area contributed by atoms with Crippen LogP contribution in [0.4, 0.5) is 4.79 Å². The molecule has 1 aliphatic carbocycles. The molecule has 10 nitrogen and oxygen atoms in total. The number of fused-ring (bicyclic) bond motifs is 1. The number of carboxylic acids is 1. The standard InChI is InChI=1S/C28H34N3O7P/c1-18(30-28(35)38-17-19-8-3-2-4-9-19)39(36,37)25-13-7-11-22(25)26(32)31-24(27(33)34)15-14-20-16-29-23-12-6-5-10-21(20)23/h2-6,8-10,12,16,18,22,24-25,29H,7,11,13-15,17H2,1H3,(H,30,35)(H,31,32)(H,33,34)(H,36,37). The van der Waals surface area contributed by atoms with Gasteiger partial charge in [-0.2, -0.15) is 0 Å². The third kappa shape index (κ3) is 6.88. The van der Waals surface area contributed by atoms with Gasteiger partial charge in [0.15, 0.2) is 0 Å². The van der Waals surface area contributed by atoms with Crippen LogP contribution in [-0.2, 0) is 31.9 Å². The molecule has 0 radical (unpaired) electrons. The molecule has 1 heterocycles. The summed E-state index contributed by atoms with van der Waals surface area (Å²) >= 11 is 0. The Kier molecular flexibility index (Phi) is 9.09. The Morgan fingerprint density at radius 2 is 1.79 bits per heavy atom. The summed E-state index contributed by atoms with van der Waals surface area (Å²) in [6.07, 6.45) is 2.83. The van der Waals surface area contributed by atoms with E-state index >= 15 is 0 Å². The molecule has 0 spiro atoms. The van der Waals surface area contributed by atoms with Crippen molar-refractivity contribution in [2.75, 3.05) is 0 Å². The van der Waals surface area contributed by atoms with Crippen LogP contribution in [0, 0.1) is 5.92 Å². The first-order valence-electron chi connectivity index (χ1n) is 13.0. The average Bonchev–Trinajstić information content (AvgIpc) is 3.58. The van der Waals surface area contributed by atoms with Crippen LogP contribution in [0.1, 0.15) is 43.7 Å². The maximum absolute atomic E-state index is 13.5. The number of carbonyl (C=O) groups excluding carboxylic acids is 2. The van der Waals surface area contributed by atoms with Gasteiger partial charge >= 0.3 is 12.1 Å². The number of nitrogens with one attached hydrogen (secondary N) is 3. The summed E-state index contributed by atoms with van der Waals surface area (Å²) in [5.41, 5.74) is 1.77. The fourth-order valence-corrected chi connectivity index (χ4v) is 7.40. The first-order valence-corrected chi connectivity index (χ1v) is 14.8. The van der Waals surface area contributed by atoms with Crippen molar-refractivity contribution in [3.63, 3.8) is 0 Å². The second-order valence-corrected chi connectivity index (χ2v) is 12.7. The number of aliphatic carboxylic acids is 1. The largest absolute Gasteiger partial charge is 0.480 e. The number of alkyl carbamates (subject to hydrolysis) is 1. The maximum atomic E-state index is 13.5. The van der Waals surface area contributed by atoms with Crippen LogP contribution >= 0.6 is 7.37 Å². The normalized spacial score (nSPS) is 20.1. The zero-order chi connectivity index (χ0) is 28.0. The van der Waals surface area contributed by atoms with Crippen molar-refractivity contribution in [3.8, 4) is 0 Å². The zero-order valence-corrected chi connectivity index (χ0v) is 22.6. The second kappa shape index (κ2) is 12.5. The molecule has 5 unspecified atom stereocenters. The summed E-state index contributed by atoms with van der Waals surface area (Å²) < 4.78 is 18.6. The molecule has 208 valence electrons. The van der Waals surface area contributed by atoms with E-state index < -0.39 is 48.7 Å².